The zero-order valence-corrected chi connectivity index (χ0v) is 21.2. The van der Waals surface area contributed by atoms with E-state index in [0.717, 1.165) is 25.4 Å². The Labute approximate surface area is 202 Å². The number of likely N-dealkylation sites (N-methyl/N-ethyl adjacent to an activating group) is 2. The van der Waals surface area contributed by atoms with Crippen LogP contribution in [0.1, 0.15) is 19.4 Å². The van der Waals surface area contributed by atoms with E-state index in [4.69, 9.17) is 9.90 Å². The third-order valence-corrected chi connectivity index (χ3v) is 3.66. The molecule has 1 aliphatic rings. The summed E-state index contributed by atoms with van der Waals surface area (Å²) in [6.45, 7) is 8.79. The first-order valence-electron chi connectivity index (χ1n) is 10.8. The van der Waals surface area contributed by atoms with Gasteiger partial charge in [0.2, 0.25) is 0 Å². The summed E-state index contributed by atoms with van der Waals surface area (Å²) >= 11 is 0. The molecule has 1 aromatic carbocycles. The van der Waals surface area contributed by atoms with Gasteiger partial charge in [0.05, 0.1) is 19.7 Å². The average molecular weight is 483 g/mol. The number of carbonyl (C=O) groups is 4. The van der Waals surface area contributed by atoms with Crippen LogP contribution >= 0.6 is 0 Å². The Balaban J connectivity index is -0.000000367. The predicted octanol–water partition coefficient (Wildman–Crippen LogP) is 1.51. The van der Waals surface area contributed by atoms with Gasteiger partial charge in [-0.15, -0.1) is 0 Å². The van der Waals surface area contributed by atoms with Gasteiger partial charge in [0, 0.05) is 23.6 Å². The normalized spacial score (nSPS) is 12.4. The molecule has 1 fully saturated rings. The Morgan fingerprint density at radius 1 is 1.21 bits per heavy atom. The van der Waals surface area contributed by atoms with Crippen LogP contribution in [0.3, 0.4) is 0 Å². The van der Waals surface area contributed by atoms with Gasteiger partial charge in [0.1, 0.15) is 18.7 Å². The number of nitrogens with one attached hydrogen (secondary N) is 2. The minimum absolute atomic E-state index is 0.0463. The molecule has 1 saturated heterocycles. The van der Waals surface area contributed by atoms with Crippen molar-refractivity contribution in [3.05, 3.63) is 36.0 Å². The fourth-order valence-corrected chi connectivity index (χ4v) is 2.26. The number of benzene rings is 1. The molecule has 10 nitrogen and oxygen atoms in total. The number of ether oxygens (including phenoxy) is 1. The summed E-state index contributed by atoms with van der Waals surface area (Å²) in [5, 5.41) is 10.9. The van der Waals surface area contributed by atoms with E-state index in [1.807, 2.05) is 24.2 Å². The molecular formula is C24H42N4O6. The van der Waals surface area contributed by atoms with Crippen LogP contribution in [0, 0.1) is 12.8 Å². The highest BCUT2D eigenvalue weighted by Crippen LogP contribution is 2.15. The van der Waals surface area contributed by atoms with E-state index in [1.165, 1.54) is 23.5 Å². The van der Waals surface area contributed by atoms with Gasteiger partial charge >= 0.3 is 0 Å². The lowest BCUT2D eigenvalue weighted by Crippen LogP contribution is -2.24. The molecule has 2 heterocycles. The quantitative estimate of drug-likeness (QED) is 0.339. The first-order chi connectivity index (χ1) is 16.3. The van der Waals surface area contributed by atoms with Crippen molar-refractivity contribution in [1.82, 2.24) is 15.2 Å². The number of hydrogen-bond acceptors (Lipinski definition) is 8. The third kappa shape index (κ3) is 23.7. The maximum atomic E-state index is 9.96. The van der Waals surface area contributed by atoms with Crippen LogP contribution in [0.2, 0.25) is 0 Å². The smallest absolute Gasteiger partial charge is 0.290 e. The number of rotatable bonds is 7. The SMILES string of the molecule is CC(C)CN(C)CC=O.CN.CNCC=O.Cc1c[nH]c2ccccc12.O=CC1CO1.O=CO. The van der Waals surface area contributed by atoms with Crippen molar-refractivity contribution in [1.29, 1.82) is 0 Å². The molecule has 0 aliphatic carbocycles. The molecule has 34 heavy (non-hydrogen) atoms. The summed E-state index contributed by atoms with van der Waals surface area (Å²) in [4.78, 5) is 42.3. The minimum atomic E-state index is -0.250. The molecule has 1 aromatic heterocycles. The maximum absolute atomic E-state index is 9.96. The number of epoxide rings is 1. The van der Waals surface area contributed by atoms with Crippen LogP contribution < -0.4 is 11.1 Å². The Hall–Kier alpha value is -2.92. The number of H-pyrrole nitrogens is 1. The lowest BCUT2D eigenvalue weighted by molar-refractivity contribution is -0.123. The molecule has 0 saturated carbocycles. The number of aryl methyl sites for hydroxylation is 1. The highest BCUT2D eigenvalue weighted by Gasteiger charge is 2.19. The second-order valence-electron chi connectivity index (χ2n) is 7.14. The molecule has 0 bridgehead atoms. The molecule has 10 heteroatoms. The van der Waals surface area contributed by atoms with E-state index in [2.05, 4.69) is 59.7 Å². The predicted molar refractivity (Wildman–Crippen MR) is 136 cm³/mol. The summed E-state index contributed by atoms with van der Waals surface area (Å²) in [7, 11) is 5.18. The van der Waals surface area contributed by atoms with Crippen LogP contribution in [0.25, 0.3) is 10.9 Å². The van der Waals surface area contributed by atoms with Crippen LogP contribution in [-0.2, 0) is 23.9 Å². The summed E-state index contributed by atoms with van der Waals surface area (Å²) < 4.78 is 4.49. The van der Waals surface area contributed by atoms with Crippen molar-refractivity contribution >= 4 is 36.2 Å². The molecule has 0 spiro atoms. The topological polar surface area (TPSA) is 158 Å². The number of nitrogens with two attached hydrogens (primary N) is 1. The fourth-order valence-electron chi connectivity index (χ4n) is 2.26. The third-order valence-electron chi connectivity index (χ3n) is 3.66. The molecule has 0 amide bonds. The van der Waals surface area contributed by atoms with Gasteiger partial charge in [-0.25, -0.2) is 0 Å². The largest absolute Gasteiger partial charge is 0.483 e. The van der Waals surface area contributed by atoms with Gasteiger partial charge < -0.3 is 40.3 Å². The lowest BCUT2D eigenvalue weighted by Gasteiger charge is -2.14. The van der Waals surface area contributed by atoms with Gasteiger partial charge in [-0.1, -0.05) is 32.0 Å². The summed E-state index contributed by atoms with van der Waals surface area (Å²) in [5.74, 6) is 0.648. The Morgan fingerprint density at radius 2 is 1.76 bits per heavy atom. The maximum Gasteiger partial charge on any atom is 0.290 e. The molecular weight excluding hydrogens is 440 g/mol. The standard InChI is InChI=1S/C9H9N.C7H15NO.C3H7NO.C3H4O2.CH5N.CH2O2/c1-7-6-10-9-5-3-2-4-8(7)9;1-7(2)6-8(3)4-5-9;1-4-2-3-5;4-1-3-2-5-3;1-2;2-1-3/h2-6,10H,1H3;5,7H,4,6H2,1-3H3;3-4H,2H2,1H3;1,3H,2H2;2H2,1H3;1H,(H,2,3). The van der Waals surface area contributed by atoms with Crippen molar-refractivity contribution in [3.8, 4) is 0 Å². The van der Waals surface area contributed by atoms with E-state index < -0.39 is 0 Å². The van der Waals surface area contributed by atoms with Crippen LogP contribution in [-0.4, -0.2) is 93.8 Å². The van der Waals surface area contributed by atoms with E-state index >= 15 is 0 Å². The van der Waals surface area contributed by atoms with E-state index in [1.54, 1.807) is 7.05 Å². The lowest BCUT2D eigenvalue weighted by atomic mass is 10.2. The number of carboxylic acid groups (broad SMARTS) is 1. The molecule has 194 valence electrons. The minimum Gasteiger partial charge on any atom is -0.483 e. The number of fused-ring (bicyclic) bond motifs is 1. The van der Waals surface area contributed by atoms with Gasteiger partial charge in [-0.3, -0.25) is 9.69 Å². The van der Waals surface area contributed by atoms with Gasteiger partial charge in [0.15, 0.2) is 6.29 Å². The number of nitrogens with zero attached hydrogens (tertiary/aromatic N) is 1. The molecule has 2 aromatic rings. The van der Waals surface area contributed by atoms with E-state index in [9.17, 15) is 14.4 Å². The van der Waals surface area contributed by atoms with Gasteiger partial charge in [0.25, 0.3) is 6.47 Å². The molecule has 1 unspecified atom stereocenters. The zero-order chi connectivity index (χ0) is 26.8. The van der Waals surface area contributed by atoms with Crippen LogP contribution in [0.4, 0.5) is 0 Å². The Bertz CT molecular complexity index is 748. The molecule has 0 radical (unpaired) electrons. The number of aldehydes is 3. The first-order valence-corrected chi connectivity index (χ1v) is 10.8. The zero-order valence-electron chi connectivity index (χ0n) is 21.2. The number of carbonyl (C=O) groups excluding carboxylic acids is 3. The fraction of sp³-hybridized carbons (Fsp3) is 0.500. The highest BCUT2D eigenvalue weighted by atomic mass is 16.6. The van der Waals surface area contributed by atoms with E-state index in [-0.39, 0.29) is 12.6 Å². The molecule has 1 aliphatic heterocycles. The number of hydrogen-bond donors (Lipinski definition) is 4. The second-order valence-corrected chi connectivity index (χ2v) is 7.14. The van der Waals surface area contributed by atoms with Crippen molar-refractivity contribution in [3.63, 3.8) is 0 Å². The van der Waals surface area contributed by atoms with Gasteiger partial charge in [-0.05, 0) is 45.6 Å². The summed E-state index contributed by atoms with van der Waals surface area (Å²) in [6, 6.07) is 8.31. The Morgan fingerprint density at radius 3 is 2.09 bits per heavy atom. The van der Waals surface area contributed by atoms with E-state index in [0.29, 0.717) is 25.6 Å². The van der Waals surface area contributed by atoms with Crippen LogP contribution in [0.5, 0.6) is 0 Å². The molecule has 5 N–H and O–H groups in total. The van der Waals surface area contributed by atoms with Crippen molar-refractivity contribution in [2.45, 2.75) is 26.9 Å². The van der Waals surface area contributed by atoms with Crippen molar-refractivity contribution < 1.29 is 29.0 Å². The van der Waals surface area contributed by atoms with Crippen LogP contribution in [0.15, 0.2) is 30.5 Å². The molecule has 1 atom stereocenters. The van der Waals surface area contributed by atoms with Crippen molar-refractivity contribution in [2.24, 2.45) is 11.7 Å². The average Bonchev–Trinajstić information content (AvgIpc) is 3.59. The second kappa shape index (κ2) is 26.3. The Kier molecular flexibility index (Phi) is 27.6. The molecule has 3 rings (SSSR count). The number of aromatic amines is 1. The first kappa shape index (κ1) is 35.7. The number of aromatic nitrogens is 1. The highest BCUT2D eigenvalue weighted by molar-refractivity contribution is 5.82. The summed E-state index contributed by atoms with van der Waals surface area (Å²) in [6.07, 6.45) is 4.54. The summed E-state index contributed by atoms with van der Waals surface area (Å²) in [5.41, 5.74) is 7.04. The monoisotopic (exact) mass is 482 g/mol. The number of para-hydroxylation sites is 1. The van der Waals surface area contributed by atoms with Crippen molar-refractivity contribution in [2.75, 3.05) is 47.4 Å². The van der Waals surface area contributed by atoms with Gasteiger partial charge in [-0.2, -0.15) is 0 Å².